The Morgan fingerprint density at radius 1 is 1.06 bits per heavy atom. The SMILES string of the molecule is COc1cn2c([C@H](OCC(C)C)c3ccc(-c4ccccc4C(=O)O)cc3)ccc(C)c2n1. The molecule has 2 heterocycles. The maximum atomic E-state index is 11.6. The van der Waals surface area contributed by atoms with Gasteiger partial charge in [-0.15, -0.1) is 0 Å². The summed E-state index contributed by atoms with van der Waals surface area (Å²) in [5.41, 5.74) is 5.62. The average molecular weight is 445 g/mol. The van der Waals surface area contributed by atoms with Crippen molar-refractivity contribution in [2.45, 2.75) is 26.9 Å². The highest BCUT2D eigenvalue weighted by atomic mass is 16.5. The molecule has 0 aliphatic carbocycles. The molecule has 2 aromatic heterocycles. The molecule has 0 radical (unpaired) electrons. The van der Waals surface area contributed by atoms with Gasteiger partial charge in [-0.1, -0.05) is 62.4 Å². The molecule has 2 aromatic carbocycles. The number of nitrogens with zero attached hydrogens (tertiary/aromatic N) is 2. The summed E-state index contributed by atoms with van der Waals surface area (Å²) in [6.45, 7) is 6.85. The molecule has 0 saturated carbocycles. The van der Waals surface area contributed by atoms with Crippen LogP contribution in [-0.4, -0.2) is 34.2 Å². The van der Waals surface area contributed by atoms with Crippen molar-refractivity contribution in [2.75, 3.05) is 13.7 Å². The molecule has 1 atom stereocenters. The summed E-state index contributed by atoms with van der Waals surface area (Å²) in [5.74, 6) is -0.0230. The number of carboxylic acid groups (broad SMARTS) is 1. The molecule has 6 heteroatoms. The minimum Gasteiger partial charge on any atom is -0.480 e. The summed E-state index contributed by atoms with van der Waals surface area (Å²) in [6, 6.07) is 19.0. The van der Waals surface area contributed by atoms with E-state index in [1.165, 1.54) is 0 Å². The van der Waals surface area contributed by atoms with E-state index in [9.17, 15) is 9.90 Å². The summed E-state index contributed by atoms with van der Waals surface area (Å²) in [7, 11) is 1.61. The normalized spacial score (nSPS) is 12.3. The van der Waals surface area contributed by atoms with E-state index in [0.29, 0.717) is 24.0 Å². The third-order valence-electron chi connectivity index (χ3n) is 5.57. The Balaban J connectivity index is 1.78. The number of hydrogen-bond donors (Lipinski definition) is 1. The van der Waals surface area contributed by atoms with Gasteiger partial charge in [0.05, 0.1) is 31.2 Å². The Morgan fingerprint density at radius 3 is 2.45 bits per heavy atom. The Bertz CT molecular complexity index is 1280. The van der Waals surface area contributed by atoms with Crippen molar-refractivity contribution in [3.8, 4) is 17.0 Å². The number of rotatable bonds is 8. The summed E-state index contributed by atoms with van der Waals surface area (Å²) in [5, 5.41) is 9.55. The number of fused-ring (bicyclic) bond motifs is 1. The van der Waals surface area contributed by atoms with Gasteiger partial charge in [-0.25, -0.2) is 4.79 Å². The lowest BCUT2D eigenvalue weighted by Crippen LogP contribution is -2.14. The van der Waals surface area contributed by atoms with Crippen molar-refractivity contribution < 1.29 is 19.4 Å². The van der Waals surface area contributed by atoms with Gasteiger partial charge in [-0.05, 0) is 47.2 Å². The highest BCUT2D eigenvalue weighted by Gasteiger charge is 2.21. The molecule has 170 valence electrons. The number of methoxy groups -OCH3 is 1. The van der Waals surface area contributed by atoms with E-state index in [0.717, 1.165) is 28.0 Å². The number of aromatic carboxylic acids is 1. The zero-order valence-electron chi connectivity index (χ0n) is 19.3. The maximum Gasteiger partial charge on any atom is 0.336 e. The van der Waals surface area contributed by atoms with Crippen LogP contribution in [0.4, 0.5) is 0 Å². The van der Waals surface area contributed by atoms with Crippen LogP contribution in [0.25, 0.3) is 16.8 Å². The third kappa shape index (κ3) is 4.61. The van der Waals surface area contributed by atoms with Crippen molar-refractivity contribution in [3.63, 3.8) is 0 Å². The number of pyridine rings is 1. The van der Waals surface area contributed by atoms with Gasteiger partial charge in [-0.3, -0.25) is 4.40 Å². The van der Waals surface area contributed by atoms with Crippen LogP contribution in [0.5, 0.6) is 5.88 Å². The number of imidazole rings is 1. The van der Waals surface area contributed by atoms with Gasteiger partial charge in [0.1, 0.15) is 11.8 Å². The van der Waals surface area contributed by atoms with Crippen molar-refractivity contribution in [2.24, 2.45) is 5.92 Å². The van der Waals surface area contributed by atoms with E-state index in [2.05, 4.69) is 24.9 Å². The molecular weight excluding hydrogens is 416 g/mol. The fourth-order valence-corrected chi connectivity index (χ4v) is 3.91. The van der Waals surface area contributed by atoms with E-state index >= 15 is 0 Å². The molecule has 33 heavy (non-hydrogen) atoms. The largest absolute Gasteiger partial charge is 0.480 e. The van der Waals surface area contributed by atoms with Crippen LogP contribution in [0.15, 0.2) is 66.9 Å². The molecule has 0 amide bonds. The summed E-state index contributed by atoms with van der Waals surface area (Å²) in [6.07, 6.45) is 1.55. The topological polar surface area (TPSA) is 73.1 Å². The first-order chi connectivity index (χ1) is 15.9. The first-order valence-corrected chi connectivity index (χ1v) is 11.0. The van der Waals surface area contributed by atoms with Crippen molar-refractivity contribution in [1.82, 2.24) is 9.38 Å². The first-order valence-electron chi connectivity index (χ1n) is 11.0. The molecule has 4 aromatic rings. The van der Waals surface area contributed by atoms with Crippen LogP contribution in [0.1, 0.15) is 47.1 Å². The lowest BCUT2D eigenvalue weighted by Gasteiger charge is -2.22. The number of carboxylic acids is 1. The highest BCUT2D eigenvalue weighted by Crippen LogP contribution is 2.32. The van der Waals surface area contributed by atoms with Gasteiger partial charge < -0.3 is 14.6 Å². The minimum atomic E-state index is -0.941. The molecule has 0 spiro atoms. The number of aryl methyl sites for hydroxylation is 1. The van der Waals surface area contributed by atoms with Crippen molar-refractivity contribution >= 4 is 11.6 Å². The predicted molar refractivity (Wildman–Crippen MR) is 128 cm³/mol. The standard InChI is InChI=1S/C27H28N2O4/c1-17(2)16-33-25(23-14-9-18(3)26-28-24(32-4)15-29(23)26)20-12-10-19(11-13-20)21-7-5-6-8-22(21)27(30)31/h5-15,17,25H,16H2,1-4H3,(H,30,31)/t25-/m1/s1. The lowest BCUT2D eigenvalue weighted by molar-refractivity contribution is 0.0570. The molecule has 0 bridgehead atoms. The fourth-order valence-electron chi connectivity index (χ4n) is 3.91. The van der Waals surface area contributed by atoms with Crippen molar-refractivity contribution in [1.29, 1.82) is 0 Å². The van der Waals surface area contributed by atoms with Gasteiger partial charge in [0.2, 0.25) is 5.88 Å². The van der Waals surface area contributed by atoms with Gasteiger partial charge in [0.15, 0.2) is 0 Å². The molecule has 0 unspecified atom stereocenters. The number of benzene rings is 2. The van der Waals surface area contributed by atoms with Gasteiger partial charge in [0, 0.05) is 0 Å². The number of aromatic nitrogens is 2. The van der Waals surface area contributed by atoms with Crippen molar-refractivity contribution in [3.05, 3.63) is 89.2 Å². The first kappa shape index (κ1) is 22.6. The van der Waals surface area contributed by atoms with Gasteiger partial charge >= 0.3 is 5.97 Å². The van der Waals surface area contributed by atoms with Crippen LogP contribution in [0.3, 0.4) is 0 Å². The second kappa shape index (κ2) is 9.46. The number of carbonyl (C=O) groups is 1. The third-order valence-corrected chi connectivity index (χ3v) is 5.57. The molecule has 0 aliphatic rings. The van der Waals surface area contributed by atoms with Crippen LogP contribution >= 0.6 is 0 Å². The lowest BCUT2D eigenvalue weighted by atomic mass is 9.96. The van der Waals surface area contributed by atoms with E-state index < -0.39 is 5.97 Å². The second-order valence-electron chi connectivity index (χ2n) is 8.50. The fraction of sp³-hybridized carbons (Fsp3) is 0.259. The zero-order chi connectivity index (χ0) is 23.5. The molecule has 1 N–H and O–H groups in total. The Morgan fingerprint density at radius 2 is 1.79 bits per heavy atom. The summed E-state index contributed by atoms with van der Waals surface area (Å²) < 4.78 is 13.8. The van der Waals surface area contributed by atoms with Gasteiger partial charge in [-0.2, -0.15) is 4.98 Å². The van der Waals surface area contributed by atoms with E-state index in [-0.39, 0.29) is 11.7 Å². The van der Waals surface area contributed by atoms with Crippen LogP contribution in [0, 0.1) is 12.8 Å². The summed E-state index contributed by atoms with van der Waals surface area (Å²) >= 11 is 0. The maximum absolute atomic E-state index is 11.6. The van der Waals surface area contributed by atoms with Crippen LogP contribution in [-0.2, 0) is 4.74 Å². The Kier molecular flexibility index (Phi) is 6.47. The van der Waals surface area contributed by atoms with Crippen LogP contribution < -0.4 is 4.74 Å². The smallest absolute Gasteiger partial charge is 0.336 e. The summed E-state index contributed by atoms with van der Waals surface area (Å²) in [4.78, 5) is 16.2. The molecule has 0 fully saturated rings. The van der Waals surface area contributed by atoms with Gasteiger partial charge in [0.25, 0.3) is 0 Å². The Hall–Kier alpha value is -3.64. The number of hydrogen-bond acceptors (Lipinski definition) is 4. The average Bonchev–Trinajstić information content (AvgIpc) is 3.26. The minimum absolute atomic E-state index is 0.281. The number of ether oxygens (including phenoxy) is 2. The molecular formula is C27H28N2O4. The Labute approximate surface area is 193 Å². The molecule has 6 nitrogen and oxygen atoms in total. The molecule has 4 rings (SSSR count). The van der Waals surface area contributed by atoms with E-state index in [1.807, 2.05) is 60.0 Å². The second-order valence-corrected chi connectivity index (χ2v) is 8.50. The van der Waals surface area contributed by atoms with E-state index in [4.69, 9.17) is 9.47 Å². The molecule has 0 aliphatic heterocycles. The molecule has 0 saturated heterocycles. The quantitative estimate of drug-likeness (QED) is 0.373. The highest BCUT2D eigenvalue weighted by molar-refractivity contribution is 5.96. The predicted octanol–water partition coefficient (Wildman–Crippen LogP) is 5.78. The monoisotopic (exact) mass is 444 g/mol. The van der Waals surface area contributed by atoms with E-state index in [1.54, 1.807) is 19.2 Å². The van der Waals surface area contributed by atoms with Crippen LogP contribution in [0.2, 0.25) is 0 Å². The zero-order valence-corrected chi connectivity index (χ0v) is 19.3.